The van der Waals surface area contributed by atoms with E-state index in [-0.39, 0.29) is 6.03 Å². The summed E-state index contributed by atoms with van der Waals surface area (Å²) in [5.74, 6) is 2.69. The Hall–Kier alpha value is -2.63. The molecule has 0 radical (unpaired) electrons. The lowest BCUT2D eigenvalue weighted by Gasteiger charge is -2.32. The van der Waals surface area contributed by atoms with Crippen molar-refractivity contribution < 1.29 is 9.53 Å². The summed E-state index contributed by atoms with van der Waals surface area (Å²) in [6.07, 6.45) is 4.69. The number of aryl methyl sites for hydroxylation is 1. The summed E-state index contributed by atoms with van der Waals surface area (Å²) >= 11 is 0. The molecular weight excluding hydrogens is 316 g/mol. The number of benzene rings is 1. The number of likely N-dealkylation sites (tertiary alicyclic amines) is 1. The largest absolute Gasteiger partial charge is 0.497 e. The third-order valence-corrected chi connectivity index (χ3v) is 4.57. The number of carbonyl (C=O) groups excluding carboxylic acids is 1. The molecule has 1 aromatic carbocycles. The number of methoxy groups -OCH3 is 1. The maximum absolute atomic E-state index is 12.4. The Bertz CT molecular complexity index is 727. The van der Waals surface area contributed by atoms with Crippen LogP contribution in [0.25, 0.3) is 0 Å². The van der Waals surface area contributed by atoms with Gasteiger partial charge in [0.05, 0.1) is 7.11 Å². The van der Waals surface area contributed by atoms with E-state index in [4.69, 9.17) is 4.74 Å². The predicted octanol–water partition coefficient (Wildman–Crippen LogP) is 3.28. The fourth-order valence-electron chi connectivity index (χ4n) is 3.19. The van der Waals surface area contributed by atoms with E-state index in [2.05, 4.69) is 27.4 Å². The van der Waals surface area contributed by atoms with E-state index in [0.717, 1.165) is 38.1 Å². The fourth-order valence-corrected chi connectivity index (χ4v) is 3.19. The topological polar surface area (TPSA) is 67.3 Å². The normalized spacial score (nSPS) is 15.0. The van der Waals surface area contributed by atoms with E-state index in [0.29, 0.717) is 17.6 Å². The van der Waals surface area contributed by atoms with Crippen molar-refractivity contribution in [3.63, 3.8) is 0 Å². The molecule has 0 atom stereocenters. The van der Waals surface area contributed by atoms with Crippen LogP contribution in [0.1, 0.15) is 24.2 Å². The highest BCUT2D eigenvalue weighted by Gasteiger charge is 2.23. The summed E-state index contributed by atoms with van der Waals surface area (Å²) in [7, 11) is 1.69. The molecular formula is C19H24N4O2. The highest BCUT2D eigenvalue weighted by atomic mass is 16.5. The molecule has 0 spiro atoms. The monoisotopic (exact) mass is 340 g/mol. The molecule has 2 amide bonds. The van der Waals surface area contributed by atoms with Gasteiger partial charge in [-0.05, 0) is 55.9 Å². The van der Waals surface area contributed by atoms with Crippen LogP contribution >= 0.6 is 0 Å². The van der Waals surface area contributed by atoms with Crippen LogP contribution in [0.2, 0.25) is 0 Å². The fraction of sp³-hybridized carbons (Fsp3) is 0.421. The first-order valence-electron chi connectivity index (χ1n) is 8.62. The number of carbonyl (C=O) groups is 1. The Kier molecular flexibility index (Phi) is 5.48. The van der Waals surface area contributed by atoms with Crippen LogP contribution in [0.15, 0.2) is 36.5 Å². The van der Waals surface area contributed by atoms with Crippen molar-refractivity contribution in [2.24, 2.45) is 5.92 Å². The zero-order chi connectivity index (χ0) is 17.6. The first-order valence-corrected chi connectivity index (χ1v) is 8.62. The number of hydrogen-bond donors (Lipinski definition) is 1. The second-order valence-corrected chi connectivity index (χ2v) is 6.41. The zero-order valence-electron chi connectivity index (χ0n) is 14.7. The number of rotatable bonds is 4. The predicted molar refractivity (Wildman–Crippen MR) is 96.8 cm³/mol. The minimum atomic E-state index is -0.0852. The van der Waals surface area contributed by atoms with E-state index >= 15 is 0 Å². The first-order chi connectivity index (χ1) is 12.1. The number of aromatic nitrogens is 2. The number of hydrogen-bond acceptors (Lipinski definition) is 4. The highest BCUT2D eigenvalue weighted by Crippen LogP contribution is 2.24. The van der Waals surface area contributed by atoms with Gasteiger partial charge in [0.25, 0.3) is 0 Å². The van der Waals surface area contributed by atoms with Crippen molar-refractivity contribution in [1.82, 2.24) is 14.9 Å². The summed E-state index contributed by atoms with van der Waals surface area (Å²) in [5.41, 5.74) is 1.29. The standard InChI is InChI=1S/C19H24N4O2/c1-14-20-9-6-18(21-14)22-19(24)23-10-7-15(8-11-23)12-16-4-3-5-17(13-16)25-2/h3-6,9,13,15H,7-8,10-12H2,1-2H3,(H,20,21,22,24). The third-order valence-electron chi connectivity index (χ3n) is 4.57. The minimum Gasteiger partial charge on any atom is -0.497 e. The molecule has 2 aromatic rings. The highest BCUT2D eigenvalue weighted by molar-refractivity contribution is 5.88. The molecule has 1 saturated heterocycles. The molecule has 132 valence electrons. The first kappa shape index (κ1) is 17.2. The maximum atomic E-state index is 12.4. The van der Waals surface area contributed by atoms with Crippen LogP contribution in [-0.2, 0) is 6.42 Å². The van der Waals surface area contributed by atoms with Crippen LogP contribution < -0.4 is 10.1 Å². The van der Waals surface area contributed by atoms with Gasteiger partial charge in [-0.1, -0.05) is 12.1 Å². The molecule has 1 fully saturated rings. The van der Waals surface area contributed by atoms with Gasteiger partial charge in [-0.2, -0.15) is 0 Å². The minimum absolute atomic E-state index is 0.0852. The second-order valence-electron chi connectivity index (χ2n) is 6.41. The lowest BCUT2D eigenvalue weighted by Crippen LogP contribution is -2.41. The Balaban J connectivity index is 1.50. The van der Waals surface area contributed by atoms with Gasteiger partial charge in [-0.15, -0.1) is 0 Å². The van der Waals surface area contributed by atoms with Crippen molar-refractivity contribution in [3.05, 3.63) is 47.9 Å². The van der Waals surface area contributed by atoms with Gasteiger partial charge in [0.1, 0.15) is 17.4 Å². The molecule has 0 aliphatic carbocycles. The Morgan fingerprint density at radius 2 is 2.12 bits per heavy atom. The average Bonchev–Trinajstić information content (AvgIpc) is 2.62. The van der Waals surface area contributed by atoms with Crippen molar-refractivity contribution in [1.29, 1.82) is 0 Å². The van der Waals surface area contributed by atoms with Crippen LogP contribution in [0.4, 0.5) is 10.6 Å². The number of nitrogens with one attached hydrogen (secondary N) is 1. The molecule has 1 aliphatic heterocycles. The molecule has 1 aliphatic rings. The van der Waals surface area contributed by atoms with Gasteiger partial charge in [-0.25, -0.2) is 14.8 Å². The molecule has 0 saturated carbocycles. The molecule has 3 rings (SSSR count). The smallest absolute Gasteiger partial charge is 0.323 e. The third kappa shape index (κ3) is 4.68. The Morgan fingerprint density at radius 3 is 2.84 bits per heavy atom. The quantitative estimate of drug-likeness (QED) is 0.927. The van der Waals surface area contributed by atoms with Gasteiger partial charge in [-0.3, -0.25) is 5.32 Å². The summed E-state index contributed by atoms with van der Waals surface area (Å²) < 4.78 is 5.29. The molecule has 0 bridgehead atoms. The zero-order valence-corrected chi connectivity index (χ0v) is 14.7. The summed E-state index contributed by atoms with van der Waals surface area (Å²) in [6, 6.07) is 9.85. The summed E-state index contributed by atoms with van der Waals surface area (Å²) in [5, 5.41) is 2.85. The summed E-state index contributed by atoms with van der Waals surface area (Å²) in [4.78, 5) is 22.5. The van der Waals surface area contributed by atoms with Crippen LogP contribution in [-0.4, -0.2) is 41.1 Å². The van der Waals surface area contributed by atoms with Crippen molar-refractivity contribution in [2.45, 2.75) is 26.2 Å². The number of nitrogens with zero attached hydrogens (tertiary/aromatic N) is 3. The molecule has 6 nitrogen and oxygen atoms in total. The number of ether oxygens (including phenoxy) is 1. The van der Waals surface area contributed by atoms with Crippen molar-refractivity contribution in [3.8, 4) is 5.75 Å². The molecule has 2 heterocycles. The van der Waals surface area contributed by atoms with E-state index in [9.17, 15) is 4.79 Å². The average molecular weight is 340 g/mol. The molecule has 1 N–H and O–H groups in total. The molecule has 6 heteroatoms. The molecule has 1 aromatic heterocycles. The maximum Gasteiger partial charge on any atom is 0.323 e. The van der Waals surface area contributed by atoms with Gasteiger partial charge in [0.2, 0.25) is 0 Å². The van der Waals surface area contributed by atoms with Crippen LogP contribution in [0.5, 0.6) is 5.75 Å². The van der Waals surface area contributed by atoms with Gasteiger partial charge in [0.15, 0.2) is 0 Å². The summed E-state index contributed by atoms with van der Waals surface area (Å²) in [6.45, 7) is 3.34. The number of piperidine rings is 1. The Morgan fingerprint density at radius 1 is 1.32 bits per heavy atom. The molecule has 0 unspecified atom stereocenters. The second kappa shape index (κ2) is 7.96. The number of anilines is 1. The Labute approximate surface area is 148 Å². The van der Waals surface area contributed by atoms with E-state index in [1.54, 1.807) is 26.3 Å². The van der Waals surface area contributed by atoms with Crippen LogP contribution in [0, 0.1) is 12.8 Å². The number of amides is 2. The van der Waals surface area contributed by atoms with Gasteiger partial charge < -0.3 is 9.64 Å². The number of urea groups is 1. The lowest BCUT2D eigenvalue weighted by molar-refractivity contribution is 0.182. The van der Waals surface area contributed by atoms with Gasteiger partial charge >= 0.3 is 6.03 Å². The van der Waals surface area contributed by atoms with Crippen LogP contribution in [0.3, 0.4) is 0 Å². The SMILES string of the molecule is COc1cccc(CC2CCN(C(=O)Nc3ccnc(C)n3)CC2)c1. The van der Waals surface area contributed by atoms with Gasteiger partial charge in [0, 0.05) is 19.3 Å². The lowest BCUT2D eigenvalue weighted by atomic mass is 9.90. The van der Waals surface area contributed by atoms with E-state index in [1.807, 2.05) is 17.0 Å². The van der Waals surface area contributed by atoms with Crippen molar-refractivity contribution in [2.75, 3.05) is 25.5 Å². The van der Waals surface area contributed by atoms with E-state index < -0.39 is 0 Å². The molecule has 25 heavy (non-hydrogen) atoms. The van der Waals surface area contributed by atoms with E-state index in [1.165, 1.54) is 5.56 Å². The van der Waals surface area contributed by atoms with Crippen molar-refractivity contribution >= 4 is 11.8 Å².